The molecule has 0 radical (unpaired) electrons. The maximum Gasteiger partial charge on any atom is 0.204 e. The Morgan fingerprint density at radius 1 is 1.05 bits per heavy atom. The molecule has 0 aromatic heterocycles. The van der Waals surface area contributed by atoms with Gasteiger partial charge in [0.05, 0.1) is 29.5 Å². The highest BCUT2D eigenvalue weighted by molar-refractivity contribution is 7.95. The molecule has 0 N–H and O–H groups in total. The highest BCUT2D eigenvalue weighted by Crippen LogP contribution is 2.47. The molecule has 0 fully saturated rings. The van der Waals surface area contributed by atoms with Crippen LogP contribution in [-0.4, -0.2) is 16.5 Å². The summed E-state index contributed by atoms with van der Waals surface area (Å²) in [6, 6.07) is 12.1. The molecule has 0 saturated heterocycles. The van der Waals surface area contributed by atoms with Crippen molar-refractivity contribution in [3.63, 3.8) is 0 Å². The van der Waals surface area contributed by atoms with Crippen LogP contribution in [-0.2, 0) is 9.84 Å². The highest BCUT2D eigenvalue weighted by atomic mass is 32.2. The zero-order valence-electron chi connectivity index (χ0n) is 12.7. The van der Waals surface area contributed by atoms with Crippen LogP contribution in [0.3, 0.4) is 0 Å². The Morgan fingerprint density at radius 3 is 2.09 bits per heavy atom. The molecule has 112 valence electrons. The molecular formula is C16H16N2O2SSi. The van der Waals surface area contributed by atoms with Crippen LogP contribution in [0.4, 0.5) is 0 Å². The van der Waals surface area contributed by atoms with E-state index in [1.54, 1.807) is 18.2 Å². The smallest absolute Gasteiger partial charge is 0.204 e. The molecule has 1 aromatic carbocycles. The molecule has 0 amide bonds. The number of hydrogen-bond donors (Lipinski definition) is 0. The Balaban J connectivity index is 2.73. The van der Waals surface area contributed by atoms with E-state index in [0.717, 1.165) is 0 Å². The van der Waals surface area contributed by atoms with Crippen LogP contribution in [0, 0.1) is 22.7 Å². The molecule has 2 rings (SSSR count). The van der Waals surface area contributed by atoms with E-state index in [9.17, 15) is 18.9 Å². The molecule has 6 heteroatoms. The van der Waals surface area contributed by atoms with E-state index < -0.39 is 23.5 Å². The Hall–Kier alpha value is -2.15. The summed E-state index contributed by atoms with van der Waals surface area (Å²) in [6.45, 7) is 6.01. The number of allylic oxidation sites excluding steroid dienone is 4. The van der Waals surface area contributed by atoms with Gasteiger partial charge in [-0.25, -0.2) is 8.42 Å². The molecule has 22 heavy (non-hydrogen) atoms. The van der Waals surface area contributed by atoms with Crippen LogP contribution in [0.15, 0.2) is 57.4 Å². The van der Waals surface area contributed by atoms with Gasteiger partial charge >= 0.3 is 0 Å². The lowest BCUT2D eigenvalue weighted by Crippen LogP contribution is -2.31. The van der Waals surface area contributed by atoms with Crippen molar-refractivity contribution < 1.29 is 8.42 Å². The van der Waals surface area contributed by atoms with Crippen molar-refractivity contribution in [3.05, 3.63) is 52.5 Å². The number of nitriles is 2. The molecule has 1 aliphatic carbocycles. The first kappa shape index (κ1) is 16.2. The first-order chi connectivity index (χ1) is 10.2. The van der Waals surface area contributed by atoms with E-state index in [-0.39, 0.29) is 15.4 Å². The van der Waals surface area contributed by atoms with Crippen LogP contribution in [0.5, 0.6) is 0 Å². The second-order valence-electron chi connectivity index (χ2n) is 6.22. The number of sulfone groups is 1. The van der Waals surface area contributed by atoms with Gasteiger partial charge in [0.1, 0.15) is 6.07 Å². The third-order valence-corrected chi connectivity index (χ3v) is 8.07. The first-order valence-electron chi connectivity index (χ1n) is 6.79. The fourth-order valence-electron chi connectivity index (χ4n) is 2.68. The Bertz CT molecular complexity index is 848. The lowest BCUT2D eigenvalue weighted by atomic mass is 10.2. The maximum atomic E-state index is 13.0. The van der Waals surface area contributed by atoms with E-state index in [1.807, 2.05) is 25.7 Å². The van der Waals surface area contributed by atoms with Crippen molar-refractivity contribution in [2.75, 3.05) is 0 Å². The molecule has 0 saturated carbocycles. The van der Waals surface area contributed by atoms with Gasteiger partial charge in [-0.05, 0) is 18.2 Å². The van der Waals surface area contributed by atoms with Crippen molar-refractivity contribution in [2.24, 2.45) is 0 Å². The SMILES string of the molecule is C[Si](C)(C)C1C(C#N)=CC(C#N)=C1S(=O)(=O)c1ccccc1. The largest absolute Gasteiger partial charge is 0.219 e. The summed E-state index contributed by atoms with van der Waals surface area (Å²) in [6.07, 6.45) is 1.43. The van der Waals surface area contributed by atoms with E-state index >= 15 is 0 Å². The topological polar surface area (TPSA) is 81.7 Å². The van der Waals surface area contributed by atoms with Gasteiger partial charge < -0.3 is 0 Å². The van der Waals surface area contributed by atoms with Crippen molar-refractivity contribution in [1.29, 1.82) is 10.5 Å². The van der Waals surface area contributed by atoms with Crippen LogP contribution in [0.2, 0.25) is 25.2 Å². The van der Waals surface area contributed by atoms with E-state index in [1.165, 1.54) is 18.2 Å². The van der Waals surface area contributed by atoms with Crippen LogP contribution in [0.1, 0.15) is 0 Å². The van der Waals surface area contributed by atoms with Crippen LogP contribution >= 0.6 is 0 Å². The highest BCUT2D eigenvalue weighted by Gasteiger charge is 2.44. The van der Waals surface area contributed by atoms with Crippen molar-refractivity contribution in [2.45, 2.75) is 30.1 Å². The van der Waals surface area contributed by atoms with Gasteiger partial charge in [-0.1, -0.05) is 37.8 Å². The summed E-state index contributed by atoms with van der Waals surface area (Å²) in [4.78, 5) is 0.255. The molecule has 0 heterocycles. The number of hydrogen-bond acceptors (Lipinski definition) is 4. The van der Waals surface area contributed by atoms with Gasteiger partial charge in [0.2, 0.25) is 9.84 Å². The summed E-state index contributed by atoms with van der Waals surface area (Å²) < 4.78 is 26.0. The van der Waals surface area contributed by atoms with E-state index in [2.05, 4.69) is 6.07 Å². The molecule has 0 aliphatic heterocycles. The van der Waals surface area contributed by atoms with Gasteiger partial charge in [-0.15, -0.1) is 0 Å². The van der Waals surface area contributed by atoms with Gasteiger partial charge in [0.25, 0.3) is 0 Å². The fourth-order valence-corrected chi connectivity index (χ4v) is 7.83. The predicted molar refractivity (Wildman–Crippen MR) is 87.1 cm³/mol. The van der Waals surface area contributed by atoms with Crippen molar-refractivity contribution in [3.8, 4) is 12.1 Å². The molecule has 0 bridgehead atoms. The van der Waals surface area contributed by atoms with Crippen LogP contribution in [0.25, 0.3) is 0 Å². The third kappa shape index (κ3) is 2.63. The Morgan fingerprint density at radius 2 is 1.64 bits per heavy atom. The van der Waals surface area contributed by atoms with Gasteiger partial charge in [-0.3, -0.25) is 0 Å². The quantitative estimate of drug-likeness (QED) is 0.796. The number of nitrogens with zero attached hydrogens (tertiary/aromatic N) is 2. The summed E-state index contributed by atoms with van der Waals surface area (Å²) in [5.41, 5.74) is -0.00425. The lowest BCUT2D eigenvalue weighted by molar-refractivity contribution is 0.601. The molecule has 4 nitrogen and oxygen atoms in total. The monoisotopic (exact) mass is 328 g/mol. The van der Waals surface area contributed by atoms with Gasteiger partial charge in [-0.2, -0.15) is 10.5 Å². The standard InChI is InChI=1S/C16H16N2O2SSi/c1-22(2,3)16-13(11-18)9-12(10-17)15(16)21(19,20)14-7-5-4-6-8-14/h4-9,16H,1-3H3. The minimum absolute atomic E-state index is 0.0906. The summed E-state index contributed by atoms with van der Waals surface area (Å²) >= 11 is 0. The third-order valence-electron chi connectivity index (χ3n) is 3.60. The average molecular weight is 328 g/mol. The average Bonchev–Trinajstić information content (AvgIpc) is 2.87. The maximum absolute atomic E-state index is 13.0. The fraction of sp³-hybridized carbons (Fsp3) is 0.250. The molecule has 0 spiro atoms. The first-order valence-corrected chi connectivity index (χ1v) is 11.9. The van der Waals surface area contributed by atoms with Crippen molar-refractivity contribution in [1.82, 2.24) is 0 Å². The van der Waals surface area contributed by atoms with Crippen molar-refractivity contribution >= 4 is 17.9 Å². The Labute approximate surface area is 131 Å². The predicted octanol–water partition coefficient (Wildman–Crippen LogP) is 3.41. The zero-order valence-corrected chi connectivity index (χ0v) is 14.5. The van der Waals surface area contributed by atoms with Crippen LogP contribution < -0.4 is 0 Å². The summed E-state index contributed by atoms with van der Waals surface area (Å²) in [5.74, 6) is 0. The second kappa shape index (κ2) is 5.56. The molecule has 1 aromatic rings. The van der Waals surface area contributed by atoms with Gasteiger partial charge in [0, 0.05) is 11.1 Å². The van der Waals surface area contributed by atoms with E-state index in [4.69, 9.17) is 0 Å². The minimum Gasteiger partial charge on any atom is -0.219 e. The normalized spacial score (nSPS) is 18.6. The molecular weight excluding hydrogens is 312 g/mol. The summed E-state index contributed by atoms with van der Waals surface area (Å²) in [5, 5.41) is 18.7. The van der Waals surface area contributed by atoms with Gasteiger partial charge in [0.15, 0.2) is 0 Å². The molecule has 1 aliphatic rings. The number of benzene rings is 1. The second-order valence-corrected chi connectivity index (χ2v) is 13.4. The lowest BCUT2D eigenvalue weighted by Gasteiger charge is -2.28. The van der Waals surface area contributed by atoms with E-state index in [0.29, 0.717) is 5.57 Å². The number of rotatable bonds is 3. The Kier molecular flexibility index (Phi) is 4.10. The zero-order chi connectivity index (χ0) is 16.5. The molecule has 1 atom stereocenters. The molecule has 1 unspecified atom stereocenters. The summed E-state index contributed by atoms with van der Waals surface area (Å²) in [7, 11) is -5.84. The minimum atomic E-state index is -3.79.